The zero-order valence-corrected chi connectivity index (χ0v) is 34.0. The van der Waals surface area contributed by atoms with E-state index in [1.165, 1.54) is 9.80 Å². The molecular formula is C41H55N5O9S. The molecule has 0 bridgehead atoms. The molecule has 14 nitrogen and oxygen atoms in total. The molecule has 4 heterocycles. The maximum absolute atomic E-state index is 15.2. The molecule has 2 saturated carbocycles. The molecule has 0 spiro atoms. The van der Waals surface area contributed by atoms with Gasteiger partial charge in [0.05, 0.1) is 17.9 Å². The van der Waals surface area contributed by atoms with E-state index in [4.69, 9.17) is 9.47 Å². The van der Waals surface area contributed by atoms with Crippen molar-refractivity contribution < 1.29 is 42.2 Å². The van der Waals surface area contributed by atoms with Crippen LogP contribution in [0.1, 0.15) is 98.5 Å². The number of pyridine rings is 1. The largest absolute Gasteiger partial charge is 0.492 e. The average Bonchev–Trinajstić information content (AvgIpc) is 3.90. The Hall–Kier alpha value is -4.40. The van der Waals surface area contributed by atoms with E-state index >= 15 is 4.79 Å². The molecule has 1 saturated heterocycles. The van der Waals surface area contributed by atoms with Gasteiger partial charge in [-0.1, -0.05) is 38.5 Å². The predicted octanol–water partition coefficient (Wildman–Crippen LogP) is 4.94. The number of nitrogens with one attached hydrogen (secondary N) is 2. The van der Waals surface area contributed by atoms with Crippen molar-refractivity contribution in [2.75, 3.05) is 13.2 Å². The van der Waals surface area contributed by atoms with Crippen molar-refractivity contribution in [1.82, 2.24) is 24.8 Å². The Morgan fingerprint density at radius 2 is 1.91 bits per heavy atom. The van der Waals surface area contributed by atoms with Gasteiger partial charge in [0.25, 0.3) is 5.91 Å². The topological polar surface area (TPSA) is 185 Å². The van der Waals surface area contributed by atoms with E-state index in [1.54, 1.807) is 33.9 Å². The first-order valence-electron chi connectivity index (χ1n) is 20.0. The number of fused-ring (bicyclic) bond motifs is 5. The van der Waals surface area contributed by atoms with Gasteiger partial charge in [0.1, 0.15) is 29.5 Å². The van der Waals surface area contributed by atoms with Crippen molar-refractivity contribution in [3.63, 3.8) is 0 Å². The SMILES string of the molecule is CC[C@@H]1C[C@@H](C)CCC=C[C@@H]2C[C@@]2(C(=O)NS(=O)(=O)C2(C)CC2)NC(=O)[C@@H]2C[C@@H](Oc3nccc4c5c(ccc34)CCO5)CN2C(=O)[C@H]1N(C(=O)O)C(C)(C)C. The van der Waals surface area contributed by atoms with Crippen LogP contribution in [0, 0.1) is 17.8 Å². The lowest BCUT2D eigenvalue weighted by Crippen LogP contribution is -2.62. The Kier molecular flexibility index (Phi) is 10.3. The lowest BCUT2D eigenvalue weighted by atomic mass is 9.82. The highest BCUT2D eigenvalue weighted by atomic mass is 32.2. The summed E-state index contributed by atoms with van der Waals surface area (Å²) in [6, 6.07) is 3.47. The second-order valence-electron chi connectivity index (χ2n) is 17.8. The van der Waals surface area contributed by atoms with Gasteiger partial charge in [0.2, 0.25) is 27.7 Å². The molecule has 0 radical (unpaired) electrons. The van der Waals surface area contributed by atoms with Crippen LogP contribution in [0.4, 0.5) is 4.79 Å². The van der Waals surface area contributed by atoms with Crippen LogP contribution in [-0.4, -0.2) is 99.3 Å². The standard InChI is InChI=1S/C41H55N5O9S/c1-7-25-20-24(2)10-8-9-11-27-22-41(27,37(49)44-56(52,53)40(6)16-17-40)43-34(47)31-21-28(23-45(31)36(48)32(25)46(38(50)51)39(3,4)5)55-35-30-13-12-26-15-19-54-33(26)29(30)14-18-42-35/h9,11-14,18,24-25,27-28,31-32H,7-8,10,15-17,19-23H2,1-6H3,(H,43,47)(H,44,49)(H,50,51)/t24-,25+,27+,28+,31-,32-,41+/m0/s1. The van der Waals surface area contributed by atoms with E-state index in [1.807, 2.05) is 37.3 Å². The molecule has 304 valence electrons. The zero-order chi connectivity index (χ0) is 40.4. The number of allylic oxidation sites excluding steroid dienone is 1. The third-order valence-electron chi connectivity index (χ3n) is 12.6. The molecule has 56 heavy (non-hydrogen) atoms. The summed E-state index contributed by atoms with van der Waals surface area (Å²) in [7, 11) is -4.01. The number of hydrogen-bond acceptors (Lipinski definition) is 9. The van der Waals surface area contributed by atoms with E-state index in [0.29, 0.717) is 50.0 Å². The lowest BCUT2D eigenvalue weighted by Gasteiger charge is -2.44. The second kappa shape index (κ2) is 14.5. The molecule has 0 unspecified atom stereocenters. The molecule has 2 aliphatic carbocycles. The van der Waals surface area contributed by atoms with Gasteiger partial charge < -0.3 is 24.8 Å². The minimum Gasteiger partial charge on any atom is -0.492 e. The Morgan fingerprint density at radius 3 is 2.59 bits per heavy atom. The third-order valence-corrected chi connectivity index (χ3v) is 14.8. The Morgan fingerprint density at radius 1 is 1.16 bits per heavy atom. The van der Waals surface area contributed by atoms with E-state index < -0.39 is 73.8 Å². The number of rotatable bonds is 7. The van der Waals surface area contributed by atoms with E-state index in [9.17, 15) is 27.9 Å². The molecule has 1 aromatic heterocycles. The van der Waals surface area contributed by atoms with E-state index in [-0.39, 0.29) is 31.2 Å². The lowest BCUT2D eigenvalue weighted by molar-refractivity contribution is -0.146. The van der Waals surface area contributed by atoms with Crippen LogP contribution in [0.5, 0.6) is 11.6 Å². The molecule has 2 aromatic rings. The van der Waals surface area contributed by atoms with Gasteiger partial charge in [-0.2, -0.15) is 0 Å². The summed E-state index contributed by atoms with van der Waals surface area (Å²) in [5, 5.41) is 15.2. The molecule has 1 aromatic carbocycles. The number of nitrogens with zero attached hydrogens (tertiary/aromatic N) is 3. The summed E-state index contributed by atoms with van der Waals surface area (Å²) >= 11 is 0. The van der Waals surface area contributed by atoms with Crippen molar-refractivity contribution in [3.05, 3.63) is 42.1 Å². The Bertz CT molecular complexity index is 2060. The molecule has 3 N–H and O–H groups in total. The zero-order valence-electron chi connectivity index (χ0n) is 33.2. The highest BCUT2D eigenvalue weighted by molar-refractivity contribution is 7.91. The Labute approximate surface area is 328 Å². The fourth-order valence-corrected chi connectivity index (χ4v) is 10.2. The maximum atomic E-state index is 15.2. The molecule has 15 heteroatoms. The number of hydrogen-bond donors (Lipinski definition) is 3. The van der Waals surface area contributed by atoms with Crippen molar-refractivity contribution >= 4 is 44.6 Å². The monoisotopic (exact) mass is 793 g/mol. The predicted molar refractivity (Wildman–Crippen MR) is 208 cm³/mol. The van der Waals surface area contributed by atoms with Crippen molar-refractivity contribution in [3.8, 4) is 11.6 Å². The maximum Gasteiger partial charge on any atom is 0.408 e. The molecule has 5 aliphatic rings. The van der Waals surface area contributed by atoms with E-state index in [0.717, 1.165) is 29.5 Å². The summed E-state index contributed by atoms with van der Waals surface area (Å²) in [6.07, 6.45) is 7.85. The number of carbonyl (C=O) groups is 4. The summed E-state index contributed by atoms with van der Waals surface area (Å²) < 4.78 is 40.2. The second-order valence-corrected chi connectivity index (χ2v) is 20.0. The average molecular weight is 794 g/mol. The minimum absolute atomic E-state index is 0.0220. The van der Waals surface area contributed by atoms with Crippen LogP contribution in [0.25, 0.3) is 10.8 Å². The summed E-state index contributed by atoms with van der Waals surface area (Å²) in [6.45, 7) is 11.4. The summed E-state index contributed by atoms with van der Waals surface area (Å²) in [5.41, 5.74) is -1.43. The van der Waals surface area contributed by atoms with Gasteiger partial charge >= 0.3 is 6.09 Å². The molecule has 3 aliphatic heterocycles. The fourth-order valence-electron chi connectivity index (χ4n) is 8.88. The third kappa shape index (κ3) is 7.31. The van der Waals surface area contributed by atoms with Gasteiger partial charge in [-0.3, -0.25) is 24.0 Å². The van der Waals surface area contributed by atoms with Crippen LogP contribution >= 0.6 is 0 Å². The number of carbonyl (C=O) groups excluding carboxylic acids is 3. The number of ether oxygens (including phenoxy) is 2. The molecule has 7 atom stereocenters. The first-order chi connectivity index (χ1) is 26.4. The minimum atomic E-state index is -4.01. The van der Waals surface area contributed by atoms with Gasteiger partial charge in [-0.25, -0.2) is 18.2 Å². The molecular weight excluding hydrogens is 739 g/mol. The van der Waals surface area contributed by atoms with Crippen LogP contribution in [0.3, 0.4) is 0 Å². The first kappa shape index (κ1) is 39.8. The normalized spacial score (nSPS) is 30.1. The van der Waals surface area contributed by atoms with Crippen LogP contribution in [-0.2, 0) is 30.8 Å². The first-order valence-corrected chi connectivity index (χ1v) is 21.5. The van der Waals surface area contributed by atoms with Crippen LogP contribution in [0.2, 0.25) is 0 Å². The summed E-state index contributed by atoms with van der Waals surface area (Å²) in [4.78, 5) is 64.1. The van der Waals surface area contributed by atoms with Gasteiger partial charge in [-0.05, 0) is 95.8 Å². The van der Waals surface area contributed by atoms with Gasteiger partial charge in [0.15, 0.2) is 0 Å². The van der Waals surface area contributed by atoms with E-state index in [2.05, 4.69) is 21.9 Å². The fraction of sp³-hybridized carbons (Fsp3) is 0.634. The highest BCUT2D eigenvalue weighted by Gasteiger charge is 2.63. The summed E-state index contributed by atoms with van der Waals surface area (Å²) in [5.74, 6) is -1.60. The molecule has 4 amide bonds. The number of benzene rings is 1. The number of carboxylic acid groups (broad SMARTS) is 1. The van der Waals surface area contributed by atoms with Crippen molar-refractivity contribution in [2.24, 2.45) is 17.8 Å². The quantitative estimate of drug-likeness (QED) is 0.325. The van der Waals surface area contributed by atoms with Gasteiger partial charge in [0, 0.05) is 41.3 Å². The number of amides is 4. The smallest absolute Gasteiger partial charge is 0.408 e. The van der Waals surface area contributed by atoms with Crippen molar-refractivity contribution in [2.45, 2.75) is 133 Å². The van der Waals surface area contributed by atoms with Crippen LogP contribution < -0.4 is 19.5 Å². The van der Waals surface area contributed by atoms with Gasteiger partial charge in [-0.15, -0.1) is 0 Å². The number of sulfonamides is 1. The molecule has 3 fully saturated rings. The number of aromatic nitrogens is 1. The van der Waals surface area contributed by atoms with Crippen LogP contribution in [0.15, 0.2) is 36.5 Å². The Balaban J connectivity index is 1.28. The molecule has 7 rings (SSSR count). The highest BCUT2D eigenvalue weighted by Crippen LogP contribution is 2.48. The van der Waals surface area contributed by atoms with Crippen molar-refractivity contribution in [1.29, 1.82) is 0 Å².